The molecule has 0 radical (unpaired) electrons. The average molecular weight is 502 g/mol. The Balaban J connectivity index is 1.21. The largest absolute Gasteiger partial charge is 0.416 e. The SMILES string of the molecule is O=C(C1CCCN1c1nc(Cc2ccccc2)ns1)N1CCN(c2cccc(C(F)(F)F)c2)CC1. The predicted octanol–water partition coefficient (Wildman–Crippen LogP) is 4.47. The van der Waals surface area contributed by atoms with Crippen molar-refractivity contribution in [3.05, 3.63) is 71.5 Å². The van der Waals surface area contributed by atoms with Crippen LogP contribution in [0.1, 0.15) is 29.8 Å². The molecule has 1 atom stereocenters. The number of benzene rings is 2. The highest BCUT2D eigenvalue weighted by Crippen LogP contribution is 2.32. The van der Waals surface area contributed by atoms with E-state index in [1.807, 2.05) is 40.1 Å². The molecule has 0 saturated carbocycles. The zero-order valence-electron chi connectivity index (χ0n) is 19.1. The van der Waals surface area contributed by atoms with Crippen molar-refractivity contribution in [3.63, 3.8) is 0 Å². The molecule has 184 valence electrons. The molecule has 3 aromatic rings. The number of hydrogen-bond acceptors (Lipinski definition) is 6. The second-order valence-electron chi connectivity index (χ2n) is 8.87. The van der Waals surface area contributed by atoms with E-state index in [0.29, 0.717) is 38.3 Å². The Morgan fingerprint density at radius 2 is 1.77 bits per heavy atom. The molecule has 0 bridgehead atoms. The Labute approximate surface area is 206 Å². The van der Waals surface area contributed by atoms with Crippen LogP contribution in [0.5, 0.6) is 0 Å². The molecule has 1 amide bonds. The maximum absolute atomic E-state index is 13.4. The van der Waals surface area contributed by atoms with Crippen LogP contribution in [-0.4, -0.2) is 58.9 Å². The third kappa shape index (κ3) is 5.27. The molecule has 3 heterocycles. The monoisotopic (exact) mass is 501 g/mol. The molecular formula is C25H26F3N5OS. The van der Waals surface area contributed by atoms with E-state index in [2.05, 4.69) is 9.27 Å². The molecule has 10 heteroatoms. The summed E-state index contributed by atoms with van der Waals surface area (Å²) < 4.78 is 43.7. The van der Waals surface area contributed by atoms with Crippen LogP contribution < -0.4 is 9.80 Å². The standard InChI is InChI=1S/C25H26F3N5OS/c26-25(27,28)19-8-4-9-20(17-19)31-12-14-32(15-13-31)23(34)21-10-5-11-33(21)24-29-22(30-35-24)16-18-6-2-1-3-7-18/h1-4,6-9,17,21H,5,10-16H2. The molecule has 0 aliphatic carbocycles. The topological polar surface area (TPSA) is 52.6 Å². The number of aromatic nitrogens is 2. The number of amides is 1. The van der Waals surface area contributed by atoms with Gasteiger partial charge in [-0.25, -0.2) is 4.98 Å². The van der Waals surface area contributed by atoms with Crippen LogP contribution in [0.15, 0.2) is 54.6 Å². The van der Waals surface area contributed by atoms with Crippen molar-refractivity contribution in [3.8, 4) is 0 Å². The predicted molar refractivity (Wildman–Crippen MR) is 130 cm³/mol. The normalized spacial score (nSPS) is 18.8. The van der Waals surface area contributed by atoms with Gasteiger partial charge in [-0.15, -0.1) is 0 Å². The molecule has 2 saturated heterocycles. The second kappa shape index (κ2) is 9.85. The summed E-state index contributed by atoms with van der Waals surface area (Å²) in [6.07, 6.45) is -2.04. The van der Waals surface area contributed by atoms with Crippen molar-refractivity contribution in [2.24, 2.45) is 0 Å². The lowest BCUT2D eigenvalue weighted by atomic mass is 10.1. The van der Waals surface area contributed by atoms with Crippen LogP contribution in [0, 0.1) is 0 Å². The number of anilines is 2. The molecule has 35 heavy (non-hydrogen) atoms. The highest BCUT2D eigenvalue weighted by atomic mass is 32.1. The Morgan fingerprint density at radius 3 is 2.51 bits per heavy atom. The van der Waals surface area contributed by atoms with Crippen LogP contribution >= 0.6 is 11.5 Å². The first-order valence-electron chi connectivity index (χ1n) is 11.7. The number of alkyl halides is 3. The summed E-state index contributed by atoms with van der Waals surface area (Å²) in [5.74, 6) is 0.815. The Kier molecular flexibility index (Phi) is 6.64. The molecular weight excluding hydrogens is 475 g/mol. The van der Waals surface area contributed by atoms with Crippen LogP contribution in [0.25, 0.3) is 0 Å². The first-order chi connectivity index (χ1) is 16.9. The highest BCUT2D eigenvalue weighted by Gasteiger charge is 2.37. The lowest BCUT2D eigenvalue weighted by Crippen LogP contribution is -2.53. The maximum atomic E-state index is 13.4. The van der Waals surface area contributed by atoms with Crippen LogP contribution in [0.2, 0.25) is 0 Å². The Hall–Kier alpha value is -3.14. The maximum Gasteiger partial charge on any atom is 0.416 e. The zero-order chi connectivity index (χ0) is 24.4. The van der Waals surface area contributed by atoms with Gasteiger partial charge in [0.2, 0.25) is 11.0 Å². The fraction of sp³-hybridized carbons (Fsp3) is 0.400. The van der Waals surface area contributed by atoms with E-state index in [1.54, 1.807) is 6.07 Å². The highest BCUT2D eigenvalue weighted by molar-refractivity contribution is 7.09. The van der Waals surface area contributed by atoms with Crippen molar-refractivity contribution in [2.75, 3.05) is 42.5 Å². The van der Waals surface area contributed by atoms with Crippen molar-refractivity contribution in [1.29, 1.82) is 0 Å². The number of rotatable bonds is 5. The van der Waals surface area contributed by atoms with E-state index >= 15 is 0 Å². The molecule has 2 aliphatic rings. The first-order valence-corrected chi connectivity index (χ1v) is 12.5. The van der Waals surface area contributed by atoms with Gasteiger partial charge in [0.15, 0.2) is 0 Å². The van der Waals surface area contributed by atoms with E-state index in [4.69, 9.17) is 4.98 Å². The van der Waals surface area contributed by atoms with E-state index in [9.17, 15) is 18.0 Å². The van der Waals surface area contributed by atoms with Gasteiger partial charge in [0.1, 0.15) is 11.9 Å². The van der Waals surface area contributed by atoms with E-state index in [-0.39, 0.29) is 11.9 Å². The lowest BCUT2D eigenvalue weighted by molar-refractivity contribution is -0.137. The summed E-state index contributed by atoms with van der Waals surface area (Å²) >= 11 is 1.33. The third-order valence-corrected chi connectivity index (χ3v) is 7.37. The number of hydrogen-bond donors (Lipinski definition) is 0. The zero-order valence-corrected chi connectivity index (χ0v) is 19.9. The molecule has 1 unspecified atom stereocenters. The average Bonchev–Trinajstić information content (AvgIpc) is 3.54. The van der Waals surface area contributed by atoms with Crippen molar-refractivity contribution < 1.29 is 18.0 Å². The number of piperazine rings is 1. The molecule has 6 nitrogen and oxygen atoms in total. The number of carbonyl (C=O) groups is 1. The van der Waals surface area contributed by atoms with Crippen molar-refractivity contribution in [1.82, 2.24) is 14.3 Å². The summed E-state index contributed by atoms with van der Waals surface area (Å²) in [6, 6.07) is 15.2. The number of halogens is 3. The van der Waals surface area contributed by atoms with Gasteiger partial charge in [-0.3, -0.25) is 4.79 Å². The van der Waals surface area contributed by atoms with Gasteiger partial charge in [0.25, 0.3) is 0 Å². The van der Waals surface area contributed by atoms with E-state index in [1.165, 1.54) is 23.7 Å². The third-order valence-electron chi connectivity index (χ3n) is 6.58. The van der Waals surface area contributed by atoms with Gasteiger partial charge in [0, 0.05) is 56.4 Å². The summed E-state index contributed by atoms with van der Waals surface area (Å²) in [6.45, 7) is 2.73. The quantitative estimate of drug-likeness (QED) is 0.517. The minimum Gasteiger partial charge on any atom is -0.368 e. The minimum atomic E-state index is -4.37. The fourth-order valence-corrected chi connectivity index (χ4v) is 5.50. The van der Waals surface area contributed by atoms with E-state index < -0.39 is 11.7 Å². The minimum absolute atomic E-state index is 0.0611. The van der Waals surface area contributed by atoms with Gasteiger partial charge in [0.05, 0.1) is 5.56 Å². The first kappa shape index (κ1) is 23.6. The lowest BCUT2D eigenvalue weighted by Gasteiger charge is -2.38. The fourth-order valence-electron chi connectivity index (χ4n) is 4.74. The van der Waals surface area contributed by atoms with Crippen LogP contribution in [0.4, 0.5) is 24.0 Å². The van der Waals surface area contributed by atoms with Crippen LogP contribution in [0.3, 0.4) is 0 Å². The van der Waals surface area contributed by atoms with Gasteiger partial charge in [-0.2, -0.15) is 17.5 Å². The summed E-state index contributed by atoms with van der Waals surface area (Å²) in [7, 11) is 0. The van der Waals surface area contributed by atoms with Gasteiger partial charge in [-0.1, -0.05) is 36.4 Å². The van der Waals surface area contributed by atoms with Gasteiger partial charge in [-0.05, 0) is 36.6 Å². The molecule has 2 aromatic carbocycles. The van der Waals surface area contributed by atoms with Crippen LogP contribution in [-0.2, 0) is 17.4 Å². The number of carbonyl (C=O) groups excluding carboxylic acids is 1. The van der Waals surface area contributed by atoms with Gasteiger partial charge < -0.3 is 14.7 Å². The second-order valence-corrected chi connectivity index (χ2v) is 9.60. The molecule has 1 aromatic heterocycles. The summed E-state index contributed by atoms with van der Waals surface area (Å²) in [5, 5.41) is 0.773. The van der Waals surface area contributed by atoms with Crippen molar-refractivity contribution >= 4 is 28.3 Å². The van der Waals surface area contributed by atoms with Gasteiger partial charge >= 0.3 is 6.18 Å². The molecule has 2 fully saturated rings. The van der Waals surface area contributed by atoms with E-state index in [0.717, 1.165) is 42.0 Å². The summed E-state index contributed by atoms with van der Waals surface area (Å²) in [4.78, 5) is 23.9. The Bertz CT molecular complexity index is 1160. The van der Waals surface area contributed by atoms with Crippen molar-refractivity contribution in [2.45, 2.75) is 31.5 Å². The Morgan fingerprint density at radius 1 is 1.00 bits per heavy atom. The number of nitrogens with zero attached hydrogens (tertiary/aromatic N) is 5. The molecule has 5 rings (SSSR count). The molecule has 0 N–H and O–H groups in total. The molecule has 0 spiro atoms. The summed E-state index contributed by atoms with van der Waals surface area (Å²) in [5.41, 5.74) is 1.03. The smallest absolute Gasteiger partial charge is 0.368 e. The molecule has 2 aliphatic heterocycles.